The van der Waals surface area contributed by atoms with Gasteiger partial charge in [-0.1, -0.05) is 30.3 Å². The molecule has 0 spiro atoms. The molecule has 17 heavy (non-hydrogen) atoms. The Morgan fingerprint density at radius 3 is 2.41 bits per heavy atom. The Labute approximate surface area is 103 Å². The Bertz CT molecular complexity index is 369. The van der Waals surface area contributed by atoms with Gasteiger partial charge in [-0.05, 0) is 31.2 Å². The molecule has 92 valence electrons. The summed E-state index contributed by atoms with van der Waals surface area (Å²) in [7, 11) is 0. The summed E-state index contributed by atoms with van der Waals surface area (Å²) in [6.45, 7) is 3.40. The van der Waals surface area contributed by atoms with Crippen molar-refractivity contribution in [3.8, 4) is 0 Å². The summed E-state index contributed by atoms with van der Waals surface area (Å²) in [5, 5.41) is 0. The van der Waals surface area contributed by atoms with Crippen LogP contribution in [0.2, 0.25) is 0 Å². The third-order valence-corrected chi connectivity index (χ3v) is 3.61. The Balaban J connectivity index is 1.93. The molecule has 2 N–H and O–H groups in total. The van der Waals surface area contributed by atoms with Crippen LogP contribution in [0.5, 0.6) is 0 Å². The lowest BCUT2D eigenvalue weighted by molar-refractivity contribution is -0.122. The molecule has 1 aromatic rings. The lowest BCUT2D eigenvalue weighted by Gasteiger charge is -2.34. The van der Waals surface area contributed by atoms with Crippen molar-refractivity contribution in [1.29, 1.82) is 0 Å². The van der Waals surface area contributed by atoms with Gasteiger partial charge in [-0.25, -0.2) is 0 Å². The normalized spacial score (nSPS) is 20.1. The minimum atomic E-state index is -0.410. The molecule has 0 aliphatic carbocycles. The summed E-state index contributed by atoms with van der Waals surface area (Å²) in [5.74, 6) is 0.676. The first kappa shape index (κ1) is 12.3. The van der Waals surface area contributed by atoms with Crippen molar-refractivity contribution in [2.24, 2.45) is 5.73 Å². The van der Waals surface area contributed by atoms with Crippen molar-refractivity contribution in [1.82, 2.24) is 4.90 Å². The monoisotopic (exact) mass is 232 g/mol. The van der Waals surface area contributed by atoms with Crippen molar-refractivity contribution in [3.05, 3.63) is 35.9 Å². The first-order valence-electron chi connectivity index (χ1n) is 6.23. The molecule has 0 radical (unpaired) electrons. The number of Topliss-reactive ketones (excluding diaryl/α,β-unsaturated/α-hetero) is 1. The number of nitrogens with two attached hydrogens (primary N) is 1. The van der Waals surface area contributed by atoms with Gasteiger partial charge in [-0.3, -0.25) is 9.69 Å². The Morgan fingerprint density at radius 1 is 1.29 bits per heavy atom. The first-order chi connectivity index (χ1) is 8.18. The second kappa shape index (κ2) is 5.43. The molecule has 0 aromatic heterocycles. The molecule has 1 aliphatic heterocycles. The van der Waals surface area contributed by atoms with Crippen LogP contribution in [0.15, 0.2) is 30.3 Å². The van der Waals surface area contributed by atoms with Crippen LogP contribution in [0.4, 0.5) is 0 Å². The second-order valence-electron chi connectivity index (χ2n) is 4.78. The highest BCUT2D eigenvalue weighted by Gasteiger charge is 2.25. The fourth-order valence-electron chi connectivity index (χ4n) is 2.49. The quantitative estimate of drug-likeness (QED) is 0.863. The Kier molecular flexibility index (Phi) is 3.92. The lowest BCUT2D eigenvalue weighted by Crippen LogP contribution is -2.49. The molecule has 3 heteroatoms. The largest absolute Gasteiger partial charge is 0.309 e. The SMILES string of the molecule is CC(=O)[C@@H](N)N1CCC(c2ccccc2)CC1. The molecule has 1 aromatic carbocycles. The van der Waals surface area contributed by atoms with E-state index in [9.17, 15) is 4.79 Å². The zero-order chi connectivity index (χ0) is 12.3. The molecule has 1 fully saturated rings. The van der Waals surface area contributed by atoms with Crippen molar-refractivity contribution >= 4 is 5.78 Å². The van der Waals surface area contributed by atoms with Crippen molar-refractivity contribution in [2.45, 2.75) is 31.8 Å². The third kappa shape index (κ3) is 2.93. The van der Waals surface area contributed by atoms with Gasteiger partial charge in [0.25, 0.3) is 0 Å². The first-order valence-corrected chi connectivity index (χ1v) is 6.23. The predicted molar refractivity (Wildman–Crippen MR) is 68.6 cm³/mol. The van der Waals surface area contributed by atoms with E-state index in [2.05, 4.69) is 29.2 Å². The number of nitrogens with zero attached hydrogens (tertiary/aromatic N) is 1. The summed E-state index contributed by atoms with van der Waals surface area (Å²) in [5.41, 5.74) is 7.26. The highest BCUT2D eigenvalue weighted by atomic mass is 16.1. The van der Waals surface area contributed by atoms with Crippen LogP contribution in [-0.4, -0.2) is 29.9 Å². The number of hydrogen-bond donors (Lipinski definition) is 1. The number of benzene rings is 1. The summed E-state index contributed by atoms with van der Waals surface area (Å²) >= 11 is 0. The zero-order valence-electron chi connectivity index (χ0n) is 10.3. The van der Waals surface area contributed by atoms with Crippen LogP contribution in [0.3, 0.4) is 0 Å². The number of carbonyl (C=O) groups is 1. The second-order valence-corrected chi connectivity index (χ2v) is 4.78. The molecule has 0 unspecified atom stereocenters. The third-order valence-electron chi connectivity index (χ3n) is 3.61. The lowest BCUT2D eigenvalue weighted by atomic mass is 9.89. The highest BCUT2D eigenvalue weighted by molar-refractivity contribution is 5.80. The van der Waals surface area contributed by atoms with E-state index in [0.717, 1.165) is 25.9 Å². The van der Waals surface area contributed by atoms with Gasteiger partial charge in [0.1, 0.15) is 6.17 Å². The zero-order valence-corrected chi connectivity index (χ0v) is 10.3. The topological polar surface area (TPSA) is 46.3 Å². The summed E-state index contributed by atoms with van der Waals surface area (Å²) in [6.07, 6.45) is 1.77. The number of rotatable bonds is 3. The molecule has 0 amide bonds. The van der Waals surface area contributed by atoms with Crippen LogP contribution in [0.1, 0.15) is 31.2 Å². The van der Waals surface area contributed by atoms with Gasteiger partial charge in [-0.2, -0.15) is 0 Å². The highest BCUT2D eigenvalue weighted by Crippen LogP contribution is 2.27. The van der Waals surface area contributed by atoms with E-state index < -0.39 is 6.17 Å². The van der Waals surface area contributed by atoms with Gasteiger partial charge >= 0.3 is 0 Å². The number of piperidine rings is 1. The molecule has 1 saturated heterocycles. The minimum absolute atomic E-state index is 0.0585. The molecular weight excluding hydrogens is 212 g/mol. The number of likely N-dealkylation sites (tertiary alicyclic amines) is 1. The molecule has 1 aliphatic rings. The Hall–Kier alpha value is -1.19. The maximum absolute atomic E-state index is 11.2. The van der Waals surface area contributed by atoms with Crippen molar-refractivity contribution in [3.63, 3.8) is 0 Å². The van der Waals surface area contributed by atoms with Gasteiger partial charge in [0.15, 0.2) is 5.78 Å². The van der Waals surface area contributed by atoms with Gasteiger partial charge in [0.2, 0.25) is 0 Å². The van der Waals surface area contributed by atoms with E-state index in [-0.39, 0.29) is 5.78 Å². The summed E-state index contributed by atoms with van der Waals surface area (Å²) in [4.78, 5) is 13.3. The number of hydrogen-bond acceptors (Lipinski definition) is 3. The van der Waals surface area contributed by atoms with Crippen LogP contribution >= 0.6 is 0 Å². The predicted octanol–water partition coefficient (Wildman–Crippen LogP) is 1.74. The van der Waals surface area contributed by atoms with Gasteiger partial charge < -0.3 is 5.73 Å². The van der Waals surface area contributed by atoms with Crippen LogP contribution in [0.25, 0.3) is 0 Å². The van der Waals surface area contributed by atoms with Crippen LogP contribution in [-0.2, 0) is 4.79 Å². The fraction of sp³-hybridized carbons (Fsp3) is 0.500. The molecule has 3 nitrogen and oxygen atoms in total. The average molecular weight is 232 g/mol. The van der Waals surface area contributed by atoms with Gasteiger partial charge in [-0.15, -0.1) is 0 Å². The van der Waals surface area contributed by atoms with E-state index in [4.69, 9.17) is 5.73 Å². The van der Waals surface area contributed by atoms with Gasteiger partial charge in [0, 0.05) is 13.1 Å². The smallest absolute Gasteiger partial charge is 0.161 e. The van der Waals surface area contributed by atoms with E-state index >= 15 is 0 Å². The molecule has 2 rings (SSSR count). The van der Waals surface area contributed by atoms with E-state index in [1.54, 1.807) is 6.92 Å². The minimum Gasteiger partial charge on any atom is -0.309 e. The van der Waals surface area contributed by atoms with E-state index in [1.807, 2.05) is 6.07 Å². The fourth-order valence-corrected chi connectivity index (χ4v) is 2.49. The van der Waals surface area contributed by atoms with Crippen LogP contribution < -0.4 is 5.73 Å². The summed E-state index contributed by atoms with van der Waals surface area (Å²) in [6, 6.07) is 10.6. The van der Waals surface area contributed by atoms with E-state index in [1.165, 1.54) is 5.56 Å². The molecule has 1 atom stereocenters. The molecular formula is C14H20N2O. The molecule has 1 heterocycles. The average Bonchev–Trinajstić information content (AvgIpc) is 2.39. The number of carbonyl (C=O) groups excluding carboxylic acids is 1. The number of ketones is 1. The molecule has 0 saturated carbocycles. The maximum Gasteiger partial charge on any atom is 0.161 e. The Morgan fingerprint density at radius 2 is 1.88 bits per heavy atom. The van der Waals surface area contributed by atoms with Crippen molar-refractivity contribution in [2.75, 3.05) is 13.1 Å². The van der Waals surface area contributed by atoms with Crippen molar-refractivity contribution < 1.29 is 4.79 Å². The molecule has 0 bridgehead atoms. The van der Waals surface area contributed by atoms with Crippen LogP contribution in [0, 0.1) is 0 Å². The standard InChI is InChI=1S/C14H20N2O/c1-11(17)14(15)16-9-7-13(8-10-16)12-5-3-2-4-6-12/h2-6,13-14H,7-10,15H2,1H3/t14-/m0/s1. The van der Waals surface area contributed by atoms with Gasteiger partial charge in [0.05, 0.1) is 0 Å². The van der Waals surface area contributed by atoms with E-state index in [0.29, 0.717) is 5.92 Å². The maximum atomic E-state index is 11.2. The summed E-state index contributed by atoms with van der Waals surface area (Å²) < 4.78 is 0.